The van der Waals surface area contributed by atoms with Gasteiger partial charge in [0.15, 0.2) is 0 Å². The Morgan fingerprint density at radius 1 is 1.43 bits per heavy atom. The summed E-state index contributed by atoms with van der Waals surface area (Å²) in [5.41, 5.74) is 1.05. The summed E-state index contributed by atoms with van der Waals surface area (Å²) in [6, 6.07) is 7.80. The lowest BCUT2D eigenvalue weighted by Crippen LogP contribution is -2.28. The molecule has 6 nitrogen and oxygen atoms in total. The summed E-state index contributed by atoms with van der Waals surface area (Å²) >= 11 is 4.65. The molecular weight excluding hydrogens is 354 g/mol. The second kappa shape index (κ2) is 6.95. The summed E-state index contributed by atoms with van der Waals surface area (Å²) in [5.74, 6) is 6.52. The first-order valence-electron chi connectivity index (χ1n) is 6.32. The second-order valence-corrected chi connectivity index (χ2v) is 6.39. The molecule has 0 saturated heterocycles. The van der Waals surface area contributed by atoms with Crippen molar-refractivity contribution >= 4 is 33.6 Å². The Morgan fingerprint density at radius 3 is 2.67 bits per heavy atom. The Balaban J connectivity index is 1.87. The highest BCUT2D eigenvalue weighted by Crippen LogP contribution is 2.18. The molecule has 1 aromatic carbocycles. The number of halogens is 1. The van der Waals surface area contributed by atoms with Crippen molar-refractivity contribution in [2.75, 3.05) is 11.6 Å². The number of nitrogen functional groups attached to an aromatic ring is 1. The van der Waals surface area contributed by atoms with Crippen molar-refractivity contribution < 1.29 is 4.79 Å². The van der Waals surface area contributed by atoms with E-state index in [1.54, 1.807) is 6.92 Å². The number of hydrogen-bond acceptors (Lipinski definition) is 5. The molecule has 112 valence electrons. The van der Waals surface area contributed by atoms with E-state index >= 15 is 0 Å². The van der Waals surface area contributed by atoms with E-state index in [-0.39, 0.29) is 17.7 Å². The minimum Gasteiger partial charge on any atom is -0.349 e. The molecule has 0 aliphatic rings. The number of aryl methyl sites for hydroxylation is 1. The van der Waals surface area contributed by atoms with Crippen LogP contribution in [0.2, 0.25) is 0 Å². The molecule has 0 fully saturated rings. The van der Waals surface area contributed by atoms with E-state index < -0.39 is 0 Å². The maximum atomic E-state index is 11.9. The van der Waals surface area contributed by atoms with Gasteiger partial charge in [-0.2, -0.15) is 0 Å². The first-order valence-corrected chi connectivity index (χ1v) is 8.10. The van der Waals surface area contributed by atoms with Crippen molar-refractivity contribution in [2.24, 2.45) is 0 Å². The number of benzene rings is 1. The van der Waals surface area contributed by atoms with Gasteiger partial charge >= 0.3 is 0 Å². The number of nitrogens with zero attached hydrogens (tertiary/aromatic N) is 3. The molecule has 0 saturated carbocycles. The fourth-order valence-corrected chi connectivity index (χ4v) is 2.67. The van der Waals surface area contributed by atoms with Crippen molar-refractivity contribution in [1.82, 2.24) is 20.2 Å². The van der Waals surface area contributed by atoms with Crippen molar-refractivity contribution in [3.05, 3.63) is 40.1 Å². The van der Waals surface area contributed by atoms with Gasteiger partial charge in [-0.25, -0.2) is 4.68 Å². The molecule has 0 radical (unpaired) electrons. The van der Waals surface area contributed by atoms with Crippen LogP contribution >= 0.6 is 27.7 Å². The van der Waals surface area contributed by atoms with Crippen molar-refractivity contribution in [1.29, 1.82) is 0 Å². The van der Waals surface area contributed by atoms with E-state index in [2.05, 4.69) is 31.4 Å². The van der Waals surface area contributed by atoms with Gasteiger partial charge in [-0.15, -0.1) is 10.2 Å². The number of thioether (sulfide) groups is 1. The number of amides is 1. The summed E-state index contributed by atoms with van der Waals surface area (Å²) in [5, 5.41) is 11.2. The summed E-state index contributed by atoms with van der Waals surface area (Å²) < 4.78 is 2.38. The van der Waals surface area contributed by atoms with Crippen LogP contribution in [0.3, 0.4) is 0 Å². The minimum absolute atomic E-state index is 0.0521. The van der Waals surface area contributed by atoms with Gasteiger partial charge in [-0.05, 0) is 31.5 Å². The summed E-state index contributed by atoms with van der Waals surface area (Å²) in [6.07, 6.45) is 0. The molecule has 8 heteroatoms. The molecule has 1 atom stereocenters. The van der Waals surface area contributed by atoms with Gasteiger partial charge in [0, 0.05) is 4.47 Å². The van der Waals surface area contributed by atoms with Gasteiger partial charge in [0.1, 0.15) is 5.82 Å². The van der Waals surface area contributed by atoms with E-state index in [1.807, 2.05) is 31.2 Å². The van der Waals surface area contributed by atoms with Crippen LogP contribution in [0.5, 0.6) is 0 Å². The van der Waals surface area contributed by atoms with Crippen molar-refractivity contribution in [3.63, 3.8) is 0 Å². The Hall–Kier alpha value is -1.54. The molecule has 1 heterocycles. The SMILES string of the molecule is Cc1nnc(SCC(=O)N[C@@H](C)c2ccc(Br)cc2)n1N. The van der Waals surface area contributed by atoms with Crippen LogP contribution in [0.15, 0.2) is 33.9 Å². The van der Waals surface area contributed by atoms with Crippen molar-refractivity contribution in [3.8, 4) is 0 Å². The molecule has 0 bridgehead atoms. The number of carbonyl (C=O) groups excluding carboxylic acids is 1. The Morgan fingerprint density at radius 2 is 2.10 bits per heavy atom. The third-order valence-corrected chi connectivity index (χ3v) is 4.39. The van der Waals surface area contributed by atoms with Crippen LogP contribution in [0.1, 0.15) is 24.4 Å². The van der Waals surface area contributed by atoms with Crippen LogP contribution < -0.4 is 11.2 Å². The summed E-state index contributed by atoms with van der Waals surface area (Å²) in [4.78, 5) is 11.9. The zero-order valence-electron chi connectivity index (χ0n) is 11.7. The van der Waals surface area contributed by atoms with E-state index in [0.717, 1.165) is 10.0 Å². The average molecular weight is 370 g/mol. The highest BCUT2D eigenvalue weighted by molar-refractivity contribution is 9.10. The van der Waals surface area contributed by atoms with Crippen LogP contribution in [-0.2, 0) is 4.79 Å². The summed E-state index contributed by atoms with van der Waals surface area (Å²) in [7, 11) is 0. The average Bonchev–Trinajstić information content (AvgIpc) is 2.77. The minimum atomic E-state index is -0.0731. The first kappa shape index (κ1) is 15.8. The topological polar surface area (TPSA) is 85.8 Å². The zero-order chi connectivity index (χ0) is 15.4. The maximum absolute atomic E-state index is 11.9. The number of rotatable bonds is 5. The molecule has 0 aliphatic heterocycles. The Labute approximate surface area is 135 Å². The molecule has 21 heavy (non-hydrogen) atoms. The quantitative estimate of drug-likeness (QED) is 0.621. The van der Waals surface area contributed by atoms with E-state index in [4.69, 9.17) is 5.84 Å². The number of hydrogen-bond donors (Lipinski definition) is 2. The largest absolute Gasteiger partial charge is 0.349 e. The lowest BCUT2D eigenvalue weighted by atomic mass is 10.1. The molecule has 1 amide bonds. The van der Waals surface area contributed by atoms with Crippen LogP contribution in [0.25, 0.3) is 0 Å². The number of nitrogens with two attached hydrogens (primary N) is 1. The Bertz CT molecular complexity index is 628. The van der Waals surface area contributed by atoms with E-state index in [1.165, 1.54) is 16.4 Å². The third kappa shape index (κ3) is 4.21. The van der Waals surface area contributed by atoms with E-state index in [0.29, 0.717) is 11.0 Å². The maximum Gasteiger partial charge on any atom is 0.230 e. The van der Waals surface area contributed by atoms with Gasteiger partial charge in [0.25, 0.3) is 0 Å². The smallest absolute Gasteiger partial charge is 0.230 e. The second-order valence-electron chi connectivity index (χ2n) is 4.53. The molecule has 2 aromatic rings. The number of carbonyl (C=O) groups is 1. The van der Waals surface area contributed by atoms with Gasteiger partial charge in [0.2, 0.25) is 11.1 Å². The monoisotopic (exact) mass is 369 g/mol. The Kier molecular flexibility index (Phi) is 5.24. The fraction of sp³-hybridized carbons (Fsp3) is 0.308. The third-order valence-electron chi connectivity index (χ3n) is 2.91. The highest BCUT2D eigenvalue weighted by atomic mass is 79.9. The van der Waals surface area contributed by atoms with E-state index in [9.17, 15) is 4.79 Å². The first-order chi connectivity index (χ1) is 9.97. The van der Waals surface area contributed by atoms with Crippen LogP contribution in [-0.4, -0.2) is 26.5 Å². The molecule has 0 unspecified atom stereocenters. The normalized spacial score (nSPS) is 12.1. The molecule has 1 aromatic heterocycles. The predicted molar refractivity (Wildman–Crippen MR) is 86.3 cm³/mol. The molecule has 2 rings (SSSR count). The van der Waals surface area contributed by atoms with Gasteiger partial charge < -0.3 is 11.2 Å². The number of nitrogens with one attached hydrogen (secondary N) is 1. The number of aromatic nitrogens is 3. The standard InChI is InChI=1S/C13H16BrN5OS/c1-8(10-3-5-11(14)6-4-10)16-12(20)7-21-13-18-17-9(2)19(13)15/h3-6,8H,7,15H2,1-2H3,(H,16,20)/t8-/m0/s1. The molecule has 0 aliphatic carbocycles. The van der Waals surface area contributed by atoms with Crippen LogP contribution in [0, 0.1) is 6.92 Å². The zero-order valence-corrected chi connectivity index (χ0v) is 14.1. The lowest BCUT2D eigenvalue weighted by Gasteiger charge is -2.14. The van der Waals surface area contributed by atoms with Crippen LogP contribution in [0.4, 0.5) is 0 Å². The molecule has 3 N–H and O–H groups in total. The molecule has 0 spiro atoms. The predicted octanol–water partition coefficient (Wildman–Crippen LogP) is 2.03. The fourth-order valence-electron chi connectivity index (χ4n) is 1.70. The van der Waals surface area contributed by atoms with Gasteiger partial charge in [-0.1, -0.05) is 39.8 Å². The van der Waals surface area contributed by atoms with Gasteiger partial charge in [0.05, 0.1) is 11.8 Å². The molecular formula is C13H16BrN5OS. The van der Waals surface area contributed by atoms with Crippen molar-refractivity contribution in [2.45, 2.75) is 25.0 Å². The van der Waals surface area contributed by atoms with Gasteiger partial charge in [-0.3, -0.25) is 4.79 Å². The lowest BCUT2D eigenvalue weighted by molar-refractivity contribution is -0.119. The summed E-state index contributed by atoms with van der Waals surface area (Å²) in [6.45, 7) is 3.70. The highest BCUT2D eigenvalue weighted by Gasteiger charge is 2.12.